The number of carbonyl (C=O) groups is 4. The molecule has 14 heteroatoms. The van der Waals surface area contributed by atoms with Crippen molar-refractivity contribution in [3.05, 3.63) is 96.5 Å². The minimum absolute atomic E-state index is 0.123. The number of esters is 3. The van der Waals surface area contributed by atoms with E-state index in [0.717, 1.165) is 27.8 Å². The fraction of sp³-hybridized carbons (Fsp3) is 0.359. The molecule has 3 unspecified atom stereocenters. The number of rotatable bonds is 8. The molecule has 0 saturated heterocycles. The van der Waals surface area contributed by atoms with E-state index in [1.165, 1.54) is 19.3 Å². The maximum atomic E-state index is 13.8. The van der Waals surface area contributed by atoms with Crippen molar-refractivity contribution in [2.24, 2.45) is 5.92 Å². The third kappa shape index (κ3) is 6.81. The van der Waals surface area contributed by atoms with E-state index in [0.29, 0.717) is 50.5 Å². The summed E-state index contributed by atoms with van der Waals surface area (Å²) in [5.41, 5.74) is 6.87. The number of allylic oxidation sites excluding steroid dienone is 2. The lowest BCUT2D eigenvalue weighted by molar-refractivity contribution is -0.151. The Hall–Kier alpha value is -5.79. The maximum Gasteiger partial charge on any atom is 0.347 e. The molecule has 2 aliphatic rings. The molecule has 53 heavy (non-hydrogen) atoms. The average molecular weight is 721 g/mol. The number of carbonyl (C=O) groups excluding carboxylic acids is 4. The lowest BCUT2D eigenvalue weighted by atomic mass is 9.71. The molecule has 0 amide bonds. The van der Waals surface area contributed by atoms with Crippen molar-refractivity contribution >= 4 is 31.5 Å². The molecule has 0 fully saturated rings. The Labute approximate surface area is 308 Å². The number of ether oxygens (including phenoxy) is 4. The fourth-order valence-electron chi connectivity index (χ4n) is 6.86. The van der Waals surface area contributed by atoms with E-state index in [4.69, 9.17) is 26.8 Å². The van der Waals surface area contributed by atoms with Crippen molar-refractivity contribution in [1.82, 2.24) is 20.6 Å². The number of hydrogen-bond donors (Lipinski definition) is 2. The number of aliphatic hydroxyl groups is 1. The first-order chi connectivity index (χ1) is 24.9. The second-order valence-corrected chi connectivity index (χ2v) is 13.5. The zero-order valence-electron chi connectivity index (χ0n) is 31.6. The molecular formula is C39H41BN4O9. The molecule has 1 heterocycles. The van der Waals surface area contributed by atoms with Crippen molar-refractivity contribution in [3.8, 4) is 22.9 Å². The van der Waals surface area contributed by atoms with E-state index in [2.05, 4.69) is 20.6 Å². The number of aromatic amines is 1. The van der Waals surface area contributed by atoms with Crippen LogP contribution in [0.3, 0.4) is 0 Å². The Balaban J connectivity index is 1.38. The van der Waals surface area contributed by atoms with E-state index < -0.39 is 41.5 Å². The predicted molar refractivity (Wildman–Crippen MR) is 195 cm³/mol. The number of nitrogens with zero attached hydrogens (tertiary/aromatic N) is 3. The number of aliphatic hydroxyl groups excluding tert-OH is 1. The summed E-state index contributed by atoms with van der Waals surface area (Å²) in [6.07, 6.45) is 1.41. The van der Waals surface area contributed by atoms with E-state index in [-0.39, 0.29) is 22.9 Å². The molecule has 3 aromatic rings. The predicted octanol–water partition coefficient (Wildman–Crippen LogP) is 5.86. The van der Waals surface area contributed by atoms with E-state index >= 15 is 0 Å². The number of methoxy groups -OCH3 is 1. The Bertz CT molecular complexity index is 2180. The number of ketones is 1. The van der Waals surface area contributed by atoms with Crippen LogP contribution < -0.4 is 9.47 Å². The highest BCUT2D eigenvalue weighted by molar-refractivity contribution is 6.16. The summed E-state index contributed by atoms with van der Waals surface area (Å²) < 4.78 is 22.9. The number of aryl methyl sites for hydroxylation is 1. The smallest absolute Gasteiger partial charge is 0.347 e. The number of hydrogen-bond acceptors (Lipinski definition) is 12. The van der Waals surface area contributed by atoms with Crippen molar-refractivity contribution < 1.29 is 43.2 Å². The van der Waals surface area contributed by atoms with Crippen molar-refractivity contribution in [3.63, 3.8) is 0 Å². The summed E-state index contributed by atoms with van der Waals surface area (Å²) in [5, 5.41) is 25.6. The molecule has 3 atom stereocenters. The lowest BCUT2D eigenvalue weighted by Gasteiger charge is -2.33. The van der Waals surface area contributed by atoms with Crippen molar-refractivity contribution in [2.75, 3.05) is 7.11 Å². The highest BCUT2D eigenvalue weighted by Crippen LogP contribution is 2.41. The van der Waals surface area contributed by atoms with Crippen LogP contribution in [0.25, 0.3) is 11.4 Å². The van der Waals surface area contributed by atoms with Gasteiger partial charge in [0, 0.05) is 17.5 Å². The molecule has 2 aliphatic carbocycles. The van der Waals surface area contributed by atoms with Crippen molar-refractivity contribution in [2.45, 2.75) is 81.2 Å². The van der Waals surface area contributed by atoms with E-state index in [1.54, 1.807) is 47.6 Å². The topological polar surface area (TPSA) is 180 Å². The van der Waals surface area contributed by atoms with E-state index in [9.17, 15) is 24.3 Å². The lowest BCUT2D eigenvalue weighted by Crippen LogP contribution is -2.35. The van der Waals surface area contributed by atoms with Gasteiger partial charge in [0.15, 0.2) is 5.78 Å². The van der Waals surface area contributed by atoms with Crippen LogP contribution in [0.2, 0.25) is 5.82 Å². The number of tetrazole rings is 1. The van der Waals surface area contributed by atoms with E-state index in [1.807, 2.05) is 27.7 Å². The van der Waals surface area contributed by atoms with Crippen LogP contribution in [-0.2, 0) is 23.9 Å². The van der Waals surface area contributed by atoms with Gasteiger partial charge in [0.2, 0.25) is 5.82 Å². The number of H-pyrrole nitrogens is 1. The first kappa shape index (κ1) is 38.4. The SMILES string of the molecule is [B]C1C(O)=C(C(=O)Oc2cc(C)c(C(=O)Oc3c(C)c(C)c(-c4nn[nH]n4)c(C)c3C)c(C)c2C)C(C)=C(C)C1OC(=O)C1C(C)=CC(=O)C=C1OC. The molecule has 2 aromatic carbocycles. The molecule has 2 radical (unpaired) electrons. The fourth-order valence-corrected chi connectivity index (χ4v) is 6.86. The minimum Gasteiger partial charge on any atom is -0.512 e. The molecule has 0 bridgehead atoms. The van der Waals surface area contributed by atoms with Gasteiger partial charge in [-0.1, -0.05) is 0 Å². The van der Waals surface area contributed by atoms with Gasteiger partial charge in [-0.15, -0.1) is 10.2 Å². The largest absolute Gasteiger partial charge is 0.512 e. The summed E-state index contributed by atoms with van der Waals surface area (Å²) in [4.78, 5) is 52.7. The quantitative estimate of drug-likeness (QED) is 0.161. The zero-order valence-corrected chi connectivity index (χ0v) is 31.6. The molecular weight excluding hydrogens is 679 g/mol. The molecule has 274 valence electrons. The van der Waals surface area contributed by atoms with Crippen LogP contribution in [0.15, 0.2) is 52.0 Å². The Morgan fingerprint density at radius 1 is 0.849 bits per heavy atom. The third-order valence-electron chi connectivity index (χ3n) is 10.4. The standard InChI is InChI=1S/C39H41BN4O9/c1-15-12-25(45)14-27(50-11)29(15)38(48)53-35-24(10)21(7)31(33(46)32(35)40)39(49)51-26-13-16(2)28(18(4)17(26)3)37(47)52-34-22(8)19(5)30(20(6)23(34)9)36-41-43-44-42-36/h12-14,29,32,35,46H,1-11H3,(H,41,42,43,44). The highest BCUT2D eigenvalue weighted by Gasteiger charge is 2.40. The van der Waals surface area contributed by atoms with Crippen LogP contribution in [0.4, 0.5) is 0 Å². The molecule has 0 spiro atoms. The van der Waals surface area contributed by atoms with Gasteiger partial charge in [-0.25, -0.2) is 9.59 Å². The van der Waals surface area contributed by atoms with Crippen LogP contribution in [0, 0.1) is 54.4 Å². The monoisotopic (exact) mass is 720 g/mol. The third-order valence-corrected chi connectivity index (χ3v) is 10.4. The van der Waals surface area contributed by atoms with Crippen molar-refractivity contribution in [1.29, 1.82) is 0 Å². The molecule has 1 aromatic heterocycles. The van der Waals surface area contributed by atoms with Gasteiger partial charge in [0.1, 0.15) is 40.6 Å². The van der Waals surface area contributed by atoms with Crippen LogP contribution in [0.5, 0.6) is 11.5 Å². The molecule has 5 rings (SSSR count). The maximum absolute atomic E-state index is 13.8. The Morgan fingerprint density at radius 2 is 1.49 bits per heavy atom. The summed E-state index contributed by atoms with van der Waals surface area (Å²) in [6, 6.07) is 1.56. The number of benzene rings is 2. The van der Waals surface area contributed by atoms with Crippen LogP contribution in [0.1, 0.15) is 70.1 Å². The van der Waals surface area contributed by atoms with Gasteiger partial charge in [-0.2, -0.15) is 5.21 Å². The average Bonchev–Trinajstić information content (AvgIpc) is 3.63. The number of aromatic nitrogens is 4. The van der Waals surface area contributed by atoms with Gasteiger partial charge in [0.25, 0.3) is 0 Å². The second-order valence-electron chi connectivity index (χ2n) is 13.5. The van der Waals surface area contributed by atoms with Gasteiger partial charge in [-0.05, 0) is 142 Å². The highest BCUT2D eigenvalue weighted by atomic mass is 16.6. The number of nitrogens with one attached hydrogen (secondary N) is 1. The van der Waals surface area contributed by atoms with Gasteiger partial charge < -0.3 is 24.1 Å². The molecule has 2 N–H and O–H groups in total. The summed E-state index contributed by atoms with van der Waals surface area (Å²) in [7, 11) is 7.71. The zero-order chi connectivity index (χ0) is 39.2. The normalized spacial score (nSPS) is 18.8. The van der Waals surface area contributed by atoms with Crippen LogP contribution in [-0.4, -0.2) is 70.5 Å². The van der Waals surface area contributed by atoms with Crippen LogP contribution >= 0.6 is 0 Å². The Morgan fingerprint density at radius 3 is 2.08 bits per heavy atom. The van der Waals surface area contributed by atoms with Gasteiger partial charge in [-0.3, -0.25) is 9.59 Å². The molecule has 0 aliphatic heterocycles. The second kappa shape index (κ2) is 14.7. The Kier molecular flexibility index (Phi) is 10.7. The molecule has 13 nitrogen and oxygen atoms in total. The van der Waals surface area contributed by atoms with Gasteiger partial charge in [0.05, 0.1) is 20.5 Å². The minimum atomic E-state index is -1.29. The van der Waals surface area contributed by atoms with Gasteiger partial charge >= 0.3 is 17.9 Å². The summed E-state index contributed by atoms with van der Waals surface area (Å²) in [5.74, 6) is -4.13. The first-order valence-corrected chi connectivity index (χ1v) is 16.8. The summed E-state index contributed by atoms with van der Waals surface area (Å²) >= 11 is 0. The summed E-state index contributed by atoms with van der Waals surface area (Å²) in [6.45, 7) is 17.5. The molecule has 0 saturated carbocycles. The first-order valence-electron chi connectivity index (χ1n) is 16.8.